The van der Waals surface area contributed by atoms with Crippen molar-refractivity contribution < 1.29 is 14.3 Å². The summed E-state index contributed by atoms with van der Waals surface area (Å²) in [4.78, 5) is 12.0. The molecular formula is C16H26N2O3. The first-order valence-corrected chi connectivity index (χ1v) is 7.15. The maximum atomic E-state index is 12.0. The Bertz CT molecular complexity index is 475. The molecule has 0 aliphatic heterocycles. The molecule has 1 aromatic rings. The molecule has 0 aliphatic rings. The summed E-state index contributed by atoms with van der Waals surface area (Å²) < 4.78 is 10.5. The van der Waals surface area contributed by atoms with Gasteiger partial charge in [-0.1, -0.05) is 13.8 Å². The van der Waals surface area contributed by atoms with Gasteiger partial charge in [0.25, 0.3) is 0 Å². The van der Waals surface area contributed by atoms with Gasteiger partial charge in [0.2, 0.25) is 5.91 Å². The number of hydrogen-bond acceptors (Lipinski definition) is 4. The standard InChI is InChI=1S/C16H26N2O3/c1-10(2)14(17)9-16(19)18-11(3)13-7-6-12(20-4)8-15(13)21-5/h6-8,10-11,14H,9,17H2,1-5H3,(H,18,19). The van der Waals surface area contributed by atoms with Crippen molar-refractivity contribution in [3.05, 3.63) is 23.8 Å². The Morgan fingerprint density at radius 1 is 1.24 bits per heavy atom. The molecular weight excluding hydrogens is 268 g/mol. The molecule has 2 unspecified atom stereocenters. The monoisotopic (exact) mass is 294 g/mol. The van der Waals surface area contributed by atoms with Gasteiger partial charge in [0.1, 0.15) is 11.5 Å². The Labute approximate surface area is 126 Å². The van der Waals surface area contributed by atoms with Gasteiger partial charge in [0.15, 0.2) is 0 Å². The van der Waals surface area contributed by atoms with E-state index in [9.17, 15) is 4.79 Å². The number of carbonyl (C=O) groups excluding carboxylic acids is 1. The predicted octanol–water partition coefficient (Wildman–Crippen LogP) is 2.25. The smallest absolute Gasteiger partial charge is 0.222 e. The average Bonchev–Trinajstić information content (AvgIpc) is 2.45. The summed E-state index contributed by atoms with van der Waals surface area (Å²) >= 11 is 0. The molecule has 1 amide bonds. The van der Waals surface area contributed by atoms with Gasteiger partial charge >= 0.3 is 0 Å². The van der Waals surface area contributed by atoms with Crippen LogP contribution < -0.4 is 20.5 Å². The highest BCUT2D eigenvalue weighted by molar-refractivity contribution is 5.77. The fraction of sp³-hybridized carbons (Fsp3) is 0.562. The van der Waals surface area contributed by atoms with Gasteiger partial charge in [-0.2, -0.15) is 0 Å². The lowest BCUT2D eigenvalue weighted by Crippen LogP contribution is -2.35. The van der Waals surface area contributed by atoms with Crippen LogP contribution in [0.5, 0.6) is 11.5 Å². The number of benzene rings is 1. The molecule has 21 heavy (non-hydrogen) atoms. The minimum Gasteiger partial charge on any atom is -0.497 e. The normalized spacial score (nSPS) is 13.7. The number of nitrogens with two attached hydrogens (primary N) is 1. The molecule has 0 radical (unpaired) electrons. The van der Waals surface area contributed by atoms with E-state index in [0.29, 0.717) is 12.2 Å². The lowest BCUT2D eigenvalue weighted by atomic mass is 10.0. The van der Waals surface area contributed by atoms with Crippen LogP contribution in [0.1, 0.15) is 38.8 Å². The molecule has 118 valence electrons. The van der Waals surface area contributed by atoms with Crippen LogP contribution in [0.3, 0.4) is 0 Å². The average molecular weight is 294 g/mol. The summed E-state index contributed by atoms with van der Waals surface area (Å²) in [5, 5.41) is 2.95. The molecule has 0 fully saturated rings. The van der Waals surface area contributed by atoms with Crippen LogP contribution in [0, 0.1) is 5.92 Å². The summed E-state index contributed by atoms with van der Waals surface area (Å²) in [5.74, 6) is 1.63. The molecule has 0 saturated carbocycles. The summed E-state index contributed by atoms with van der Waals surface area (Å²) in [6.07, 6.45) is 0.320. The van der Waals surface area contributed by atoms with E-state index >= 15 is 0 Å². The molecule has 2 atom stereocenters. The van der Waals surface area contributed by atoms with Crippen LogP contribution in [0.15, 0.2) is 18.2 Å². The highest BCUT2D eigenvalue weighted by Crippen LogP contribution is 2.29. The van der Waals surface area contributed by atoms with Crippen molar-refractivity contribution in [3.8, 4) is 11.5 Å². The van der Waals surface area contributed by atoms with Crippen molar-refractivity contribution in [1.29, 1.82) is 0 Å². The third-order valence-electron chi connectivity index (χ3n) is 3.56. The van der Waals surface area contributed by atoms with Gasteiger partial charge in [-0.25, -0.2) is 0 Å². The van der Waals surface area contributed by atoms with E-state index < -0.39 is 0 Å². The topological polar surface area (TPSA) is 73.6 Å². The zero-order valence-corrected chi connectivity index (χ0v) is 13.5. The lowest BCUT2D eigenvalue weighted by molar-refractivity contribution is -0.122. The largest absolute Gasteiger partial charge is 0.497 e. The van der Waals surface area contributed by atoms with E-state index in [4.69, 9.17) is 15.2 Å². The Morgan fingerprint density at radius 2 is 1.90 bits per heavy atom. The highest BCUT2D eigenvalue weighted by atomic mass is 16.5. The second kappa shape index (κ2) is 7.88. The van der Waals surface area contributed by atoms with Crippen LogP contribution in [0.2, 0.25) is 0 Å². The Kier molecular flexibility index (Phi) is 6.49. The third-order valence-corrected chi connectivity index (χ3v) is 3.56. The van der Waals surface area contributed by atoms with Gasteiger partial charge in [-0.3, -0.25) is 4.79 Å². The minimum atomic E-state index is -0.155. The molecule has 1 rings (SSSR count). The number of amides is 1. The summed E-state index contributed by atoms with van der Waals surface area (Å²) in [6, 6.07) is 5.26. The van der Waals surface area contributed by atoms with Crippen LogP contribution >= 0.6 is 0 Å². The fourth-order valence-electron chi connectivity index (χ4n) is 2.00. The zero-order chi connectivity index (χ0) is 16.0. The van der Waals surface area contributed by atoms with Crippen molar-refractivity contribution in [2.24, 2.45) is 11.7 Å². The zero-order valence-electron chi connectivity index (χ0n) is 13.5. The van der Waals surface area contributed by atoms with Crippen LogP contribution in [-0.4, -0.2) is 26.2 Å². The number of hydrogen-bond donors (Lipinski definition) is 2. The van der Waals surface area contributed by atoms with E-state index in [1.54, 1.807) is 20.3 Å². The van der Waals surface area contributed by atoms with Crippen molar-refractivity contribution >= 4 is 5.91 Å². The molecule has 3 N–H and O–H groups in total. The third kappa shape index (κ3) is 4.93. The molecule has 0 spiro atoms. The van der Waals surface area contributed by atoms with E-state index in [-0.39, 0.29) is 23.9 Å². The molecule has 0 saturated heterocycles. The summed E-state index contributed by atoms with van der Waals surface area (Å²) in [7, 11) is 3.20. The molecule has 5 nitrogen and oxygen atoms in total. The molecule has 0 aromatic heterocycles. The van der Waals surface area contributed by atoms with Gasteiger partial charge < -0.3 is 20.5 Å². The second-order valence-corrected chi connectivity index (χ2v) is 5.51. The Hall–Kier alpha value is -1.75. The SMILES string of the molecule is COc1ccc(C(C)NC(=O)CC(N)C(C)C)c(OC)c1. The molecule has 1 aromatic carbocycles. The predicted molar refractivity (Wildman–Crippen MR) is 83.5 cm³/mol. The van der Waals surface area contributed by atoms with Gasteiger partial charge in [0.05, 0.1) is 20.3 Å². The number of methoxy groups -OCH3 is 2. The summed E-state index contributed by atoms with van der Waals surface area (Å²) in [5.41, 5.74) is 6.83. The first kappa shape index (κ1) is 17.3. The van der Waals surface area contributed by atoms with Crippen LogP contribution in [-0.2, 0) is 4.79 Å². The van der Waals surface area contributed by atoms with Gasteiger partial charge in [-0.05, 0) is 25.0 Å². The van der Waals surface area contributed by atoms with Crippen molar-refractivity contribution in [2.45, 2.75) is 39.3 Å². The van der Waals surface area contributed by atoms with E-state index in [1.807, 2.05) is 32.9 Å². The van der Waals surface area contributed by atoms with Crippen molar-refractivity contribution in [1.82, 2.24) is 5.32 Å². The van der Waals surface area contributed by atoms with E-state index in [2.05, 4.69) is 5.32 Å². The number of ether oxygens (including phenoxy) is 2. The maximum Gasteiger partial charge on any atom is 0.222 e. The lowest BCUT2D eigenvalue weighted by Gasteiger charge is -2.20. The van der Waals surface area contributed by atoms with Gasteiger partial charge in [-0.15, -0.1) is 0 Å². The molecule has 0 heterocycles. The fourth-order valence-corrected chi connectivity index (χ4v) is 2.00. The van der Waals surface area contributed by atoms with E-state index in [1.165, 1.54) is 0 Å². The van der Waals surface area contributed by atoms with Crippen LogP contribution in [0.4, 0.5) is 0 Å². The molecule has 0 bridgehead atoms. The van der Waals surface area contributed by atoms with Crippen LogP contribution in [0.25, 0.3) is 0 Å². The molecule has 0 aliphatic carbocycles. The van der Waals surface area contributed by atoms with E-state index in [0.717, 1.165) is 11.3 Å². The minimum absolute atomic E-state index is 0.0541. The summed E-state index contributed by atoms with van der Waals surface area (Å²) in [6.45, 7) is 5.94. The highest BCUT2D eigenvalue weighted by Gasteiger charge is 2.17. The quantitative estimate of drug-likeness (QED) is 0.809. The first-order valence-electron chi connectivity index (χ1n) is 7.15. The Morgan fingerprint density at radius 3 is 2.43 bits per heavy atom. The number of nitrogens with one attached hydrogen (secondary N) is 1. The van der Waals surface area contributed by atoms with Crippen molar-refractivity contribution in [3.63, 3.8) is 0 Å². The maximum absolute atomic E-state index is 12.0. The number of carbonyl (C=O) groups is 1. The Balaban J connectivity index is 2.75. The first-order chi connectivity index (χ1) is 9.88. The van der Waals surface area contributed by atoms with Crippen molar-refractivity contribution in [2.75, 3.05) is 14.2 Å². The number of rotatable bonds is 7. The second-order valence-electron chi connectivity index (χ2n) is 5.51. The van der Waals surface area contributed by atoms with Gasteiger partial charge in [0, 0.05) is 24.1 Å². The molecule has 5 heteroatoms.